The average Bonchev–Trinajstić information content (AvgIpc) is 2.24. The van der Waals surface area contributed by atoms with Crippen molar-refractivity contribution in [3.63, 3.8) is 0 Å². The molecule has 6 nitrogen and oxygen atoms in total. The van der Waals surface area contributed by atoms with Crippen molar-refractivity contribution in [3.05, 3.63) is 34.1 Å². The molecule has 1 unspecified atom stereocenters. The number of nitrogens with one attached hydrogen (secondary N) is 1. The lowest BCUT2D eigenvalue weighted by Crippen LogP contribution is -2.31. The number of carbonyl (C=O) groups excluding carboxylic acids is 1. The second-order valence-corrected chi connectivity index (χ2v) is 6.20. The number of halogens is 1. The molecule has 0 bridgehead atoms. The Morgan fingerprint density at radius 2 is 2.10 bits per heavy atom. The van der Waals surface area contributed by atoms with E-state index in [2.05, 4.69) is 5.32 Å². The summed E-state index contributed by atoms with van der Waals surface area (Å²) in [5.41, 5.74) is 5.34. The minimum atomic E-state index is -0.676. The molecule has 1 amide bonds. The fourth-order valence-corrected chi connectivity index (χ4v) is 2.07. The quantitative estimate of drug-likeness (QED) is 0.645. The van der Waals surface area contributed by atoms with E-state index in [0.717, 1.165) is 18.2 Å². The molecule has 21 heavy (non-hydrogen) atoms. The lowest BCUT2D eigenvalue weighted by Gasteiger charge is -2.22. The number of hydrogen-bond donors (Lipinski definition) is 2. The summed E-state index contributed by atoms with van der Waals surface area (Å²) in [6.07, 6.45) is 0.649. The molecule has 0 aliphatic heterocycles. The maximum absolute atomic E-state index is 13.1. The van der Waals surface area contributed by atoms with Gasteiger partial charge in [-0.15, -0.1) is 0 Å². The predicted octanol–water partition coefficient (Wildman–Crippen LogP) is 2.83. The van der Waals surface area contributed by atoms with Crippen LogP contribution in [0.4, 0.5) is 15.8 Å². The molecular formula is C14H20FN3O3. The van der Waals surface area contributed by atoms with E-state index in [1.807, 2.05) is 20.8 Å². The lowest BCUT2D eigenvalue weighted by atomic mass is 9.87. The van der Waals surface area contributed by atoms with Crippen LogP contribution in [-0.4, -0.2) is 16.9 Å². The minimum Gasteiger partial charge on any atom is -0.327 e. The standard InChI is InChI=1S/C14H20FN3O3/c1-14(2,3)8-10(16)7-13(19)17-11-6-9(15)4-5-12(11)18(20)21/h4-6,10H,7-8,16H2,1-3H3,(H,17,19). The molecule has 0 aliphatic rings. The minimum absolute atomic E-state index is 0.0188. The second kappa shape index (κ2) is 6.62. The Kier molecular flexibility index (Phi) is 5.37. The van der Waals surface area contributed by atoms with E-state index in [4.69, 9.17) is 5.73 Å². The summed E-state index contributed by atoms with van der Waals surface area (Å²) >= 11 is 0. The van der Waals surface area contributed by atoms with Gasteiger partial charge in [0.1, 0.15) is 11.5 Å². The highest BCUT2D eigenvalue weighted by molar-refractivity contribution is 5.93. The van der Waals surface area contributed by atoms with Gasteiger partial charge in [0.15, 0.2) is 0 Å². The molecule has 7 heteroatoms. The van der Waals surface area contributed by atoms with Crippen LogP contribution in [-0.2, 0) is 4.79 Å². The molecule has 1 atom stereocenters. The van der Waals surface area contributed by atoms with Crippen molar-refractivity contribution >= 4 is 17.3 Å². The summed E-state index contributed by atoms with van der Waals surface area (Å²) in [4.78, 5) is 22.0. The van der Waals surface area contributed by atoms with Gasteiger partial charge in [-0.05, 0) is 17.9 Å². The normalized spacial score (nSPS) is 12.8. The van der Waals surface area contributed by atoms with Crippen LogP contribution in [0.15, 0.2) is 18.2 Å². The molecule has 0 spiro atoms. The number of rotatable bonds is 5. The van der Waals surface area contributed by atoms with E-state index in [-0.39, 0.29) is 29.3 Å². The summed E-state index contributed by atoms with van der Waals surface area (Å²) in [5, 5.41) is 13.2. The van der Waals surface area contributed by atoms with Gasteiger partial charge in [0, 0.05) is 24.6 Å². The van der Waals surface area contributed by atoms with E-state index in [1.54, 1.807) is 0 Å². The van der Waals surface area contributed by atoms with Gasteiger partial charge in [-0.3, -0.25) is 14.9 Å². The van der Waals surface area contributed by atoms with Gasteiger partial charge in [-0.1, -0.05) is 20.8 Å². The van der Waals surface area contributed by atoms with Gasteiger partial charge in [0.25, 0.3) is 5.69 Å². The van der Waals surface area contributed by atoms with Gasteiger partial charge in [0.05, 0.1) is 4.92 Å². The predicted molar refractivity (Wildman–Crippen MR) is 78.3 cm³/mol. The van der Waals surface area contributed by atoms with Gasteiger partial charge in [-0.25, -0.2) is 4.39 Å². The van der Waals surface area contributed by atoms with E-state index < -0.39 is 16.6 Å². The van der Waals surface area contributed by atoms with Crippen LogP contribution < -0.4 is 11.1 Å². The number of nitro benzene ring substituents is 1. The molecule has 0 saturated carbocycles. The number of hydrogen-bond acceptors (Lipinski definition) is 4. The van der Waals surface area contributed by atoms with Gasteiger partial charge in [0.2, 0.25) is 5.91 Å². The molecule has 0 aliphatic carbocycles. The number of amides is 1. The first-order valence-electron chi connectivity index (χ1n) is 6.58. The summed E-state index contributed by atoms with van der Waals surface area (Å²) in [6, 6.07) is 2.54. The number of benzene rings is 1. The Hall–Kier alpha value is -2.02. The Labute approximate surface area is 122 Å². The van der Waals surface area contributed by atoms with Crippen molar-refractivity contribution in [2.45, 2.75) is 39.7 Å². The van der Waals surface area contributed by atoms with Crippen molar-refractivity contribution in [2.75, 3.05) is 5.32 Å². The summed E-state index contributed by atoms with van der Waals surface area (Å²) in [5.74, 6) is -1.13. The van der Waals surface area contributed by atoms with E-state index in [0.29, 0.717) is 6.42 Å². The third-order valence-corrected chi connectivity index (χ3v) is 2.75. The van der Waals surface area contributed by atoms with Crippen LogP contribution in [0.1, 0.15) is 33.6 Å². The Bertz CT molecular complexity index is 541. The van der Waals surface area contributed by atoms with Crippen LogP contribution in [0.5, 0.6) is 0 Å². The molecule has 0 aromatic heterocycles. The summed E-state index contributed by atoms with van der Waals surface area (Å²) < 4.78 is 13.1. The lowest BCUT2D eigenvalue weighted by molar-refractivity contribution is -0.384. The number of nitro groups is 1. The maximum Gasteiger partial charge on any atom is 0.292 e. The largest absolute Gasteiger partial charge is 0.327 e. The van der Waals surface area contributed by atoms with Crippen LogP contribution in [0, 0.1) is 21.3 Å². The Morgan fingerprint density at radius 1 is 1.48 bits per heavy atom. The highest BCUT2D eigenvalue weighted by atomic mass is 19.1. The van der Waals surface area contributed by atoms with Crippen molar-refractivity contribution in [2.24, 2.45) is 11.1 Å². The number of nitrogens with zero attached hydrogens (tertiary/aromatic N) is 1. The zero-order valence-corrected chi connectivity index (χ0v) is 12.4. The third kappa shape index (κ3) is 5.86. The van der Waals surface area contributed by atoms with Crippen molar-refractivity contribution < 1.29 is 14.1 Å². The molecule has 1 aromatic rings. The number of carbonyl (C=O) groups is 1. The fraction of sp³-hybridized carbons (Fsp3) is 0.500. The molecule has 0 fully saturated rings. The first-order valence-corrected chi connectivity index (χ1v) is 6.58. The molecule has 116 valence electrons. The summed E-state index contributed by atoms with van der Waals surface area (Å²) in [7, 11) is 0. The SMILES string of the molecule is CC(C)(C)CC(N)CC(=O)Nc1cc(F)ccc1[N+](=O)[O-]. The molecule has 0 radical (unpaired) electrons. The van der Waals surface area contributed by atoms with Gasteiger partial charge >= 0.3 is 0 Å². The van der Waals surface area contributed by atoms with E-state index >= 15 is 0 Å². The first kappa shape index (κ1) is 17.0. The molecule has 3 N–H and O–H groups in total. The smallest absolute Gasteiger partial charge is 0.292 e. The summed E-state index contributed by atoms with van der Waals surface area (Å²) in [6.45, 7) is 6.01. The van der Waals surface area contributed by atoms with Gasteiger partial charge < -0.3 is 11.1 Å². The third-order valence-electron chi connectivity index (χ3n) is 2.75. The van der Waals surface area contributed by atoms with E-state index in [1.165, 1.54) is 0 Å². The highest BCUT2D eigenvalue weighted by Crippen LogP contribution is 2.26. The Balaban J connectivity index is 2.75. The van der Waals surface area contributed by atoms with Gasteiger partial charge in [-0.2, -0.15) is 0 Å². The van der Waals surface area contributed by atoms with Crippen molar-refractivity contribution in [3.8, 4) is 0 Å². The topological polar surface area (TPSA) is 98.3 Å². The van der Waals surface area contributed by atoms with Crippen LogP contribution in [0.3, 0.4) is 0 Å². The molecule has 1 rings (SSSR count). The molecule has 1 aromatic carbocycles. The highest BCUT2D eigenvalue weighted by Gasteiger charge is 2.20. The second-order valence-electron chi connectivity index (χ2n) is 6.20. The molecular weight excluding hydrogens is 277 g/mol. The van der Waals surface area contributed by atoms with Crippen LogP contribution in [0.2, 0.25) is 0 Å². The first-order chi connectivity index (χ1) is 9.58. The van der Waals surface area contributed by atoms with Crippen LogP contribution >= 0.6 is 0 Å². The molecule has 0 saturated heterocycles. The Morgan fingerprint density at radius 3 is 2.62 bits per heavy atom. The zero-order valence-electron chi connectivity index (χ0n) is 12.4. The number of nitrogens with two attached hydrogens (primary N) is 1. The average molecular weight is 297 g/mol. The van der Waals surface area contributed by atoms with Crippen molar-refractivity contribution in [1.29, 1.82) is 0 Å². The zero-order chi connectivity index (χ0) is 16.2. The van der Waals surface area contributed by atoms with Crippen molar-refractivity contribution in [1.82, 2.24) is 0 Å². The molecule has 0 heterocycles. The maximum atomic E-state index is 13.1. The fourth-order valence-electron chi connectivity index (χ4n) is 2.07. The number of anilines is 1. The van der Waals surface area contributed by atoms with E-state index in [9.17, 15) is 19.3 Å². The van der Waals surface area contributed by atoms with Crippen LogP contribution in [0.25, 0.3) is 0 Å². The monoisotopic (exact) mass is 297 g/mol.